The summed E-state index contributed by atoms with van der Waals surface area (Å²) in [6, 6.07) is 6.96. The number of unbranched alkanes of at least 4 members (excludes halogenated alkanes) is 1. The van der Waals surface area contributed by atoms with Gasteiger partial charge < -0.3 is 10.1 Å². The maximum atomic E-state index is 13.7. The number of ether oxygens (including phenoxy) is 1. The minimum Gasteiger partial charge on any atom is -0.493 e. The number of aromatic nitrogens is 1. The highest BCUT2D eigenvalue weighted by Gasteiger charge is 2.39. The van der Waals surface area contributed by atoms with Crippen molar-refractivity contribution < 1.29 is 22.7 Å². The van der Waals surface area contributed by atoms with Crippen LogP contribution in [0.4, 0.5) is 18.9 Å². The van der Waals surface area contributed by atoms with Crippen LogP contribution in [-0.4, -0.2) is 17.5 Å². The van der Waals surface area contributed by atoms with E-state index < -0.39 is 23.3 Å². The topological polar surface area (TPSA) is 51.2 Å². The number of nitrogens with zero attached hydrogens (tertiary/aromatic N) is 1. The van der Waals surface area contributed by atoms with Gasteiger partial charge in [0.2, 0.25) is 0 Å². The van der Waals surface area contributed by atoms with Crippen LogP contribution in [-0.2, 0) is 19.0 Å². The molecule has 158 valence electrons. The number of aryl methyl sites for hydroxylation is 3. The van der Waals surface area contributed by atoms with E-state index in [-0.39, 0.29) is 18.1 Å². The Morgan fingerprint density at radius 1 is 1.14 bits per heavy atom. The van der Waals surface area contributed by atoms with Crippen LogP contribution in [0.1, 0.15) is 66.5 Å². The number of pyridine rings is 1. The van der Waals surface area contributed by atoms with Gasteiger partial charge in [-0.05, 0) is 37.3 Å². The fourth-order valence-electron chi connectivity index (χ4n) is 3.09. The van der Waals surface area contributed by atoms with Gasteiger partial charge in [0.05, 0.1) is 6.61 Å². The van der Waals surface area contributed by atoms with Gasteiger partial charge in [-0.2, -0.15) is 13.2 Å². The predicted octanol–water partition coefficient (Wildman–Crippen LogP) is 5.96. The number of halogens is 3. The van der Waals surface area contributed by atoms with Crippen LogP contribution in [0.2, 0.25) is 0 Å². The van der Waals surface area contributed by atoms with Gasteiger partial charge in [-0.3, -0.25) is 4.79 Å². The second-order valence-corrected chi connectivity index (χ2v) is 6.80. The van der Waals surface area contributed by atoms with Gasteiger partial charge in [-0.25, -0.2) is 4.98 Å². The molecule has 1 N–H and O–H groups in total. The molecular weight excluding hydrogens is 381 g/mol. The summed E-state index contributed by atoms with van der Waals surface area (Å²) >= 11 is 0. The van der Waals surface area contributed by atoms with Crippen LogP contribution in [0.5, 0.6) is 5.75 Å². The Labute approximate surface area is 169 Å². The first-order chi connectivity index (χ1) is 13.7. The Morgan fingerprint density at radius 3 is 2.28 bits per heavy atom. The average Bonchev–Trinajstić information content (AvgIpc) is 2.67. The molecule has 0 fully saturated rings. The zero-order chi connectivity index (χ0) is 21.6. The highest BCUT2D eigenvalue weighted by molar-refractivity contribution is 6.08. The Kier molecular flexibility index (Phi) is 7.65. The Balaban J connectivity index is 2.56. The maximum Gasteiger partial charge on any atom is 0.434 e. The van der Waals surface area contributed by atoms with E-state index in [0.29, 0.717) is 24.9 Å². The number of alkyl halides is 3. The van der Waals surface area contributed by atoms with Crippen LogP contribution in [0.25, 0.3) is 0 Å². The number of carbonyl (C=O) groups excluding carboxylic acids is 1. The number of rotatable bonds is 8. The summed E-state index contributed by atoms with van der Waals surface area (Å²) in [6.45, 7) is 7.48. The molecule has 0 aliphatic heterocycles. The van der Waals surface area contributed by atoms with Gasteiger partial charge in [-0.1, -0.05) is 45.4 Å². The lowest BCUT2D eigenvalue weighted by Gasteiger charge is -2.19. The van der Waals surface area contributed by atoms with Gasteiger partial charge in [0.1, 0.15) is 11.3 Å². The van der Waals surface area contributed by atoms with Crippen molar-refractivity contribution in [3.05, 3.63) is 52.3 Å². The molecule has 0 unspecified atom stereocenters. The molecule has 4 nitrogen and oxygen atoms in total. The third-order valence-electron chi connectivity index (χ3n) is 4.60. The molecule has 2 rings (SSSR count). The quantitative estimate of drug-likeness (QED) is 0.548. The zero-order valence-electron chi connectivity index (χ0n) is 17.2. The monoisotopic (exact) mass is 408 g/mol. The average molecular weight is 408 g/mol. The SMILES string of the molecule is CCCCOc1cc(C)nc(C(F)(F)F)c1C(=O)Nc1c(CC)cccc1CC. The van der Waals surface area contributed by atoms with Crippen LogP contribution >= 0.6 is 0 Å². The minimum absolute atomic E-state index is 0.0946. The van der Waals surface area contributed by atoms with Gasteiger partial charge in [-0.15, -0.1) is 0 Å². The van der Waals surface area contributed by atoms with Crippen molar-refractivity contribution in [3.63, 3.8) is 0 Å². The van der Waals surface area contributed by atoms with Crippen LogP contribution in [0.15, 0.2) is 24.3 Å². The van der Waals surface area contributed by atoms with Gasteiger partial charge in [0.15, 0.2) is 5.69 Å². The van der Waals surface area contributed by atoms with E-state index in [9.17, 15) is 18.0 Å². The van der Waals surface area contributed by atoms with Crippen LogP contribution < -0.4 is 10.1 Å². The largest absolute Gasteiger partial charge is 0.493 e. The van der Waals surface area contributed by atoms with E-state index in [1.54, 1.807) is 0 Å². The van der Waals surface area contributed by atoms with Crippen molar-refractivity contribution in [2.24, 2.45) is 0 Å². The van der Waals surface area contributed by atoms with Crippen LogP contribution in [0, 0.1) is 6.92 Å². The molecule has 0 aliphatic carbocycles. The summed E-state index contributed by atoms with van der Waals surface area (Å²) in [4.78, 5) is 16.7. The van der Waals surface area contributed by atoms with Crippen molar-refractivity contribution in [1.29, 1.82) is 0 Å². The summed E-state index contributed by atoms with van der Waals surface area (Å²) in [6.07, 6.45) is -2.01. The summed E-state index contributed by atoms with van der Waals surface area (Å²) in [5.74, 6) is -0.963. The maximum absolute atomic E-state index is 13.7. The normalized spacial score (nSPS) is 11.4. The summed E-state index contributed by atoms with van der Waals surface area (Å²) in [7, 11) is 0. The Hall–Kier alpha value is -2.57. The molecule has 0 atom stereocenters. The number of nitrogens with one attached hydrogen (secondary N) is 1. The van der Waals surface area contributed by atoms with Gasteiger partial charge >= 0.3 is 6.18 Å². The molecule has 1 aromatic carbocycles. The van der Waals surface area contributed by atoms with E-state index in [2.05, 4.69) is 10.3 Å². The van der Waals surface area contributed by atoms with E-state index in [1.807, 2.05) is 39.0 Å². The first-order valence-corrected chi connectivity index (χ1v) is 9.86. The number of hydrogen-bond acceptors (Lipinski definition) is 3. The molecule has 0 aliphatic rings. The summed E-state index contributed by atoms with van der Waals surface area (Å²) in [5.41, 5.74) is 0.611. The van der Waals surface area contributed by atoms with Crippen molar-refractivity contribution in [2.45, 2.75) is 59.6 Å². The highest BCUT2D eigenvalue weighted by Crippen LogP contribution is 2.36. The molecule has 1 amide bonds. The van der Waals surface area contributed by atoms with E-state index >= 15 is 0 Å². The highest BCUT2D eigenvalue weighted by atomic mass is 19.4. The van der Waals surface area contributed by atoms with Crippen molar-refractivity contribution >= 4 is 11.6 Å². The van der Waals surface area contributed by atoms with E-state index in [4.69, 9.17) is 4.74 Å². The first-order valence-electron chi connectivity index (χ1n) is 9.86. The lowest BCUT2D eigenvalue weighted by atomic mass is 10.0. The first kappa shape index (κ1) is 22.7. The van der Waals surface area contributed by atoms with Gasteiger partial charge in [0.25, 0.3) is 5.91 Å². The Morgan fingerprint density at radius 2 is 1.76 bits per heavy atom. The van der Waals surface area contributed by atoms with E-state index in [0.717, 1.165) is 17.5 Å². The molecule has 1 heterocycles. The number of hydrogen-bond donors (Lipinski definition) is 1. The fraction of sp³-hybridized carbons (Fsp3) is 0.455. The molecule has 0 saturated carbocycles. The molecule has 29 heavy (non-hydrogen) atoms. The number of anilines is 1. The second kappa shape index (κ2) is 9.76. The molecule has 0 saturated heterocycles. The zero-order valence-corrected chi connectivity index (χ0v) is 17.2. The predicted molar refractivity (Wildman–Crippen MR) is 108 cm³/mol. The standard InChI is InChI=1S/C22H27F3N2O2/c1-5-8-12-29-17-13-14(4)26-20(22(23,24)25)18(17)21(28)27-19-15(6-2)10-9-11-16(19)7-3/h9-11,13H,5-8,12H2,1-4H3,(H,27,28). The molecule has 2 aromatic rings. The third kappa shape index (κ3) is 5.49. The number of carbonyl (C=O) groups is 1. The molecular formula is C22H27F3N2O2. The molecule has 0 radical (unpaired) electrons. The molecule has 1 aromatic heterocycles. The summed E-state index contributed by atoms with van der Waals surface area (Å²) < 4.78 is 46.6. The minimum atomic E-state index is -4.78. The molecule has 7 heteroatoms. The van der Waals surface area contributed by atoms with Gasteiger partial charge in [0, 0.05) is 17.4 Å². The van der Waals surface area contributed by atoms with Crippen molar-refractivity contribution in [1.82, 2.24) is 4.98 Å². The van der Waals surface area contributed by atoms with E-state index in [1.165, 1.54) is 13.0 Å². The number of para-hydroxylation sites is 1. The fourth-order valence-corrected chi connectivity index (χ4v) is 3.09. The lowest BCUT2D eigenvalue weighted by Crippen LogP contribution is -2.23. The summed E-state index contributed by atoms with van der Waals surface area (Å²) in [5, 5.41) is 2.70. The number of amides is 1. The van der Waals surface area contributed by atoms with Crippen molar-refractivity contribution in [2.75, 3.05) is 11.9 Å². The smallest absolute Gasteiger partial charge is 0.434 e. The Bertz CT molecular complexity index is 842. The second-order valence-electron chi connectivity index (χ2n) is 6.80. The molecule has 0 bridgehead atoms. The lowest BCUT2D eigenvalue weighted by molar-refractivity contribution is -0.141. The van der Waals surface area contributed by atoms with Crippen molar-refractivity contribution in [3.8, 4) is 5.75 Å². The molecule has 0 spiro atoms. The third-order valence-corrected chi connectivity index (χ3v) is 4.60. The number of benzene rings is 1. The van der Waals surface area contributed by atoms with Crippen LogP contribution in [0.3, 0.4) is 0 Å².